The molecule has 5 heteroatoms. The van der Waals surface area contributed by atoms with E-state index in [1.54, 1.807) is 12.1 Å². The second kappa shape index (κ2) is 4.92. The fourth-order valence-corrected chi connectivity index (χ4v) is 3.42. The van der Waals surface area contributed by atoms with E-state index in [1.165, 1.54) is 11.1 Å². The summed E-state index contributed by atoms with van der Waals surface area (Å²) in [6.07, 6.45) is 0.912. The topological polar surface area (TPSA) is 63.4 Å². The lowest BCUT2D eigenvalue weighted by Crippen LogP contribution is -2.32. The Morgan fingerprint density at radius 2 is 1.60 bits per heavy atom. The molecular weight excluding hydrogens is 272 g/mol. The van der Waals surface area contributed by atoms with Gasteiger partial charge in [0.1, 0.15) is 4.90 Å². The van der Waals surface area contributed by atoms with Crippen LogP contribution in [0, 0.1) is 0 Å². The minimum absolute atomic E-state index is 0.194. The van der Waals surface area contributed by atoms with Crippen LogP contribution in [0.25, 0.3) is 0 Å². The van der Waals surface area contributed by atoms with Crippen LogP contribution in [0.2, 0.25) is 0 Å². The van der Waals surface area contributed by atoms with Crippen LogP contribution in [0.1, 0.15) is 11.1 Å². The molecule has 0 amide bonds. The predicted octanol–water partition coefficient (Wildman–Crippen LogP) is 1.90. The number of fused-ring (bicyclic) bond motifs is 1. The van der Waals surface area contributed by atoms with Gasteiger partial charge < -0.3 is 4.90 Å². The zero-order valence-corrected chi connectivity index (χ0v) is 11.8. The van der Waals surface area contributed by atoms with Gasteiger partial charge in [-0.3, -0.25) is 0 Å². The summed E-state index contributed by atoms with van der Waals surface area (Å²) < 4.78 is 23.4. The smallest absolute Gasteiger partial charge is 0.240 e. The standard InChI is InChI=1S/C15H16N2O2S/c16-20(18,19)15-8-4-3-7-14(15)17-10-9-12-5-1-2-6-13(12)11-17/h1-8H,9-11H2,(H2,16,18,19). The van der Waals surface area contributed by atoms with Gasteiger partial charge in [0.05, 0.1) is 5.69 Å². The van der Waals surface area contributed by atoms with E-state index in [1.807, 2.05) is 24.3 Å². The highest BCUT2D eigenvalue weighted by molar-refractivity contribution is 7.89. The monoisotopic (exact) mass is 288 g/mol. The number of anilines is 1. The van der Waals surface area contributed by atoms with Crippen molar-refractivity contribution in [2.24, 2.45) is 5.14 Å². The molecule has 4 nitrogen and oxygen atoms in total. The zero-order valence-electron chi connectivity index (χ0n) is 11.0. The van der Waals surface area contributed by atoms with Gasteiger partial charge in [-0.15, -0.1) is 0 Å². The Balaban J connectivity index is 2.01. The van der Waals surface area contributed by atoms with Gasteiger partial charge in [-0.25, -0.2) is 13.6 Å². The van der Waals surface area contributed by atoms with E-state index in [0.29, 0.717) is 12.2 Å². The normalized spacial score (nSPS) is 14.9. The van der Waals surface area contributed by atoms with Gasteiger partial charge in [0, 0.05) is 13.1 Å². The van der Waals surface area contributed by atoms with Gasteiger partial charge in [0.15, 0.2) is 0 Å². The summed E-state index contributed by atoms with van der Waals surface area (Å²) in [5.74, 6) is 0. The molecule has 1 aliphatic heterocycles. The first-order valence-electron chi connectivity index (χ1n) is 6.49. The minimum atomic E-state index is -3.70. The molecule has 0 aromatic heterocycles. The fraction of sp³-hybridized carbons (Fsp3) is 0.200. The van der Waals surface area contributed by atoms with Crippen molar-refractivity contribution in [3.63, 3.8) is 0 Å². The molecule has 0 atom stereocenters. The molecule has 0 aliphatic carbocycles. The van der Waals surface area contributed by atoms with Crippen molar-refractivity contribution in [2.75, 3.05) is 11.4 Å². The lowest BCUT2D eigenvalue weighted by Gasteiger charge is -2.31. The molecule has 1 heterocycles. The van der Waals surface area contributed by atoms with Crippen LogP contribution in [0.3, 0.4) is 0 Å². The second-order valence-electron chi connectivity index (χ2n) is 4.95. The van der Waals surface area contributed by atoms with Gasteiger partial charge in [-0.05, 0) is 29.7 Å². The largest absolute Gasteiger partial charge is 0.366 e. The minimum Gasteiger partial charge on any atom is -0.366 e. The molecule has 0 fully saturated rings. The maximum absolute atomic E-state index is 11.7. The number of para-hydroxylation sites is 1. The molecule has 3 rings (SSSR count). The summed E-state index contributed by atoms with van der Waals surface area (Å²) in [5.41, 5.74) is 3.25. The first-order valence-corrected chi connectivity index (χ1v) is 8.04. The molecule has 0 saturated carbocycles. The third kappa shape index (κ3) is 2.42. The van der Waals surface area contributed by atoms with Crippen LogP contribution < -0.4 is 10.0 Å². The second-order valence-corrected chi connectivity index (χ2v) is 6.48. The van der Waals surface area contributed by atoms with E-state index in [-0.39, 0.29) is 4.90 Å². The first-order chi connectivity index (χ1) is 9.55. The molecule has 20 heavy (non-hydrogen) atoms. The van der Waals surface area contributed by atoms with E-state index in [4.69, 9.17) is 5.14 Å². The maximum Gasteiger partial charge on any atom is 0.240 e. The molecule has 2 aromatic carbocycles. The van der Waals surface area contributed by atoms with Gasteiger partial charge in [0.2, 0.25) is 10.0 Å². The lowest BCUT2D eigenvalue weighted by atomic mass is 9.99. The van der Waals surface area contributed by atoms with Crippen LogP contribution in [-0.2, 0) is 23.0 Å². The average molecular weight is 288 g/mol. The SMILES string of the molecule is NS(=O)(=O)c1ccccc1N1CCc2ccccc2C1. The Bertz CT molecular complexity index is 741. The van der Waals surface area contributed by atoms with Crippen LogP contribution in [0.4, 0.5) is 5.69 Å². The van der Waals surface area contributed by atoms with E-state index in [9.17, 15) is 8.42 Å². The van der Waals surface area contributed by atoms with Crippen molar-refractivity contribution >= 4 is 15.7 Å². The highest BCUT2D eigenvalue weighted by Crippen LogP contribution is 2.29. The van der Waals surface area contributed by atoms with E-state index in [2.05, 4.69) is 17.0 Å². The number of hydrogen-bond acceptors (Lipinski definition) is 3. The van der Waals surface area contributed by atoms with Crippen molar-refractivity contribution in [1.82, 2.24) is 0 Å². The molecular formula is C15H16N2O2S. The van der Waals surface area contributed by atoms with Crippen molar-refractivity contribution < 1.29 is 8.42 Å². The zero-order chi connectivity index (χ0) is 14.2. The molecule has 2 aromatic rings. The highest BCUT2D eigenvalue weighted by atomic mass is 32.2. The molecule has 0 radical (unpaired) electrons. The van der Waals surface area contributed by atoms with Crippen molar-refractivity contribution in [3.8, 4) is 0 Å². The van der Waals surface area contributed by atoms with E-state index in [0.717, 1.165) is 13.0 Å². The van der Waals surface area contributed by atoms with Crippen molar-refractivity contribution in [1.29, 1.82) is 0 Å². The van der Waals surface area contributed by atoms with Crippen LogP contribution >= 0.6 is 0 Å². The fourth-order valence-electron chi connectivity index (χ4n) is 2.66. The summed E-state index contributed by atoms with van der Waals surface area (Å²) in [6, 6.07) is 15.2. The molecule has 0 spiro atoms. The number of primary sulfonamides is 1. The highest BCUT2D eigenvalue weighted by Gasteiger charge is 2.21. The quantitative estimate of drug-likeness (QED) is 0.918. The van der Waals surface area contributed by atoms with Crippen LogP contribution in [0.5, 0.6) is 0 Å². The number of rotatable bonds is 2. The number of hydrogen-bond donors (Lipinski definition) is 1. The summed E-state index contributed by atoms with van der Waals surface area (Å²) >= 11 is 0. The van der Waals surface area contributed by atoms with Gasteiger partial charge in [-0.1, -0.05) is 36.4 Å². The third-order valence-electron chi connectivity index (χ3n) is 3.64. The predicted molar refractivity (Wildman–Crippen MR) is 79.0 cm³/mol. The molecule has 104 valence electrons. The Morgan fingerprint density at radius 3 is 2.35 bits per heavy atom. The van der Waals surface area contributed by atoms with Gasteiger partial charge >= 0.3 is 0 Å². The van der Waals surface area contributed by atoms with Crippen molar-refractivity contribution in [3.05, 3.63) is 59.7 Å². The third-order valence-corrected chi connectivity index (χ3v) is 4.60. The molecule has 2 N–H and O–H groups in total. The van der Waals surface area contributed by atoms with Crippen LogP contribution in [0.15, 0.2) is 53.4 Å². The molecule has 1 aliphatic rings. The summed E-state index contributed by atoms with van der Waals surface area (Å²) in [6.45, 7) is 1.51. The average Bonchev–Trinajstić information content (AvgIpc) is 2.46. The first kappa shape index (κ1) is 13.1. The van der Waals surface area contributed by atoms with Crippen LogP contribution in [-0.4, -0.2) is 15.0 Å². The Morgan fingerprint density at radius 1 is 0.950 bits per heavy atom. The van der Waals surface area contributed by atoms with Gasteiger partial charge in [-0.2, -0.15) is 0 Å². The van der Waals surface area contributed by atoms with Crippen molar-refractivity contribution in [2.45, 2.75) is 17.9 Å². The summed E-state index contributed by atoms with van der Waals surface area (Å²) in [4.78, 5) is 2.27. The number of nitrogens with zero attached hydrogens (tertiary/aromatic N) is 1. The molecule has 0 saturated heterocycles. The maximum atomic E-state index is 11.7. The number of sulfonamides is 1. The van der Waals surface area contributed by atoms with E-state index < -0.39 is 10.0 Å². The summed E-state index contributed by atoms with van der Waals surface area (Å²) in [5, 5.41) is 5.30. The lowest BCUT2D eigenvalue weighted by molar-refractivity contribution is 0.596. The van der Waals surface area contributed by atoms with Gasteiger partial charge in [0.25, 0.3) is 0 Å². The number of nitrogens with two attached hydrogens (primary N) is 1. The summed E-state index contributed by atoms with van der Waals surface area (Å²) in [7, 11) is -3.70. The Labute approximate surface area is 118 Å². The Hall–Kier alpha value is -1.85. The molecule has 0 bridgehead atoms. The number of benzene rings is 2. The molecule has 0 unspecified atom stereocenters. The Kier molecular flexibility index (Phi) is 3.23. The van der Waals surface area contributed by atoms with E-state index >= 15 is 0 Å².